The molecule has 0 amide bonds. The molecule has 1 saturated heterocycles. The highest BCUT2D eigenvalue weighted by molar-refractivity contribution is 5.56. The molecule has 3 nitrogen and oxygen atoms in total. The molecule has 1 atom stereocenters. The van der Waals surface area contributed by atoms with E-state index in [1.807, 2.05) is 13.0 Å². The van der Waals surface area contributed by atoms with Gasteiger partial charge in [0.1, 0.15) is 5.82 Å². The first-order chi connectivity index (χ1) is 9.16. The van der Waals surface area contributed by atoms with Gasteiger partial charge >= 0.3 is 0 Å². The fourth-order valence-corrected chi connectivity index (χ4v) is 2.98. The second kappa shape index (κ2) is 5.10. The zero-order valence-electron chi connectivity index (χ0n) is 11.5. The molecule has 2 N–H and O–H groups in total. The van der Waals surface area contributed by atoms with Crippen LogP contribution in [-0.4, -0.2) is 37.1 Å². The van der Waals surface area contributed by atoms with Crippen molar-refractivity contribution in [3.8, 4) is 0 Å². The summed E-state index contributed by atoms with van der Waals surface area (Å²) in [6.45, 7) is 5.79. The minimum atomic E-state index is -0.144. The van der Waals surface area contributed by atoms with Gasteiger partial charge in [-0.3, -0.25) is 4.90 Å². The molecule has 4 heteroatoms. The zero-order valence-corrected chi connectivity index (χ0v) is 11.5. The predicted octanol–water partition coefficient (Wildman–Crippen LogP) is 2.13. The molecule has 1 aromatic carbocycles. The van der Waals surface area contributed by atoms with Gasteiger partial charge in [0.2, 0.25) is 0 Å². The average molecular weight is 263 g/mol. The number of para-hydroxylation sites is 1. The minimum absolute atomic E-state index is 0.132. The summed E-state index contributed by atoms with van der Waals surface area (Å²) < 4.78 is 14.2. The maximum Gasteiger partial charge on any atom is 0.146 e. The Morgan fingerprint density at radius 1 is 1.21 bits per heavy atom. The van der Waals surface area contributed by atoms with Crippen LogP contribution in [0, 0.1) is 5.82 Å². The van der Waals surface area contributed by atoms with Crippen LogP contribution in [-0.2, 0) is 0 Å². The van der Waals surface area contributed by atoms with Crippen LogP contribution in [0.5, 0.6) is 0 Å². The van der Waals surface area contributed by atoms with Crippen LogP contribution >= 0.6 is 0 Å². The summed E-state index contributed by atoms with van der Waals surface area (Å²) in [7, 11) is 0. The minimum Gasteiger partial charge on any atom is -0.366 e. The van der Waals surface area contributed by atoms with E-state index in [4.69, 9.17) is 5.73 Å². The Hall–Kier alpha value is -1.13. The number of anilines is 1. The summed E-state index contributed by atoms with van der Waals surface area (Å²) >= 11 is 0. The highest BCUT2D eigenvalue weighted by atomic mass is 19.1. The van der Waals surface area contributed by atoms with Gasteiger partial charge < -0.3 is 10.6 Å². The van der Waals surface area contributed by atoms with Gasteiger partial charge in [-0.2, -0.15) is 0 Å². The van der Waals surface area contributed by atoms with Gasteiger partial charge in [0.25, 0.3) is 0 Å². The summed E-state index contributed by atoms with van der Waals surface area (Å²) in [5.74, 6) is -0.144. The lowest BCUT2D eigenvalue weighted by atomic mass is 10.0. The van der Waals surface area contributed by atoms with Gasteiger partial charge in [-0.05, 0) is 31.4 Å². The Labute approximate surface area is 114 Å². The first kappa shape index (κ1) is 12.9. The molecule has 1 aliphatic carbocycles. The SMILES string of the molecule is C[C@H](N)c1cccc(F)c1N1CCN(C2CC2)CC1. The van der Waals surface area contributed by atoms with Crippen LogP contribution in [0.15, 0.2) is 18.2 Å². The van der Waals surface area contributed by atoms with Crippen molar-refractivity contribution in [2.45, 2.75) is 31.8 Å². The molecule has 0 aromatic heterocycles. The molecule has 3 rings (SSSR count). The van der Waals surface area contributed by atoms with Crippen molar-refractivity contribution in [1.82, 2.24) is 4.90 Å². The van der Waals surface area contributed by atoms with E-state index in [1.165, 1.54) is 18.9 Å². The number of rotatable bonds is 3. The Morgan fingerprint density at radius 3 is 2.47 bits per heavy atom. The topological polar surface area (TPSA) is 32.5 Å². The molecule has 1 aromatic rings. The molecule has 1 saturated carbocycles. The standard InChI is InChI=1S/C15H22FN3/c1-11(17)13-3-2-4-14(16)15(13)19-9-7-18(8-10-19)12-5-6-12/h2-4,11-12H,5-10,17H2,1H3/t11-/m0/s1. The van der Waals surface area contributed by atoms with E-state index in [-0.39, 0.29) is 11.9 Å². The lowest BCUT2D eigenvalue weighted by molar-refractivity contribution is 0.247. The maximum absolute atomic E-state index is 14.2. The lowest BCUT2D eigenvalue weighted by Crippen LogP contribution is -2.47. The number of hydrogen-bond donors (Lipinski definition) is 1. The second-order valence-electron chi connectivity index (χ2n) is 5.72. The van der Waals surface area contributed by atoms with E-state index < -0.39 is 0 Å². The summed E-state index contributed by atoms with van der Waals surface area (Å²) in [6.07, 6.45) is 2.68. The lowest BCUT2D eigenvalue weighted by Gasteiger charge is -2.37. The molecule has 2 fully saturated rings. The molecule has 1 heterocycles. The van der Waals surface area contributed by atoms with Crippen LogP contribution in [0.25, 0.3) is 0 Å². The Morgan fingerprint density at radius 2 is 1.89 bits per heavy atom. The van der Waals surface area contributed by atoms with Crippen molar-refractivity contribution in [3.63, 3.8) is 0 Å². The third-order valence-corrected chi connectivity index (χ3v) is 4.20. The number of benzene rings is 1. The first-order valence-corrected chi connectivity index (χ1v) is 7.20. The summed E-state index contributed by atoms with van der Waals surface area (Å²) in [6, 6.07) is 5.89. The van der Waals surface area contributed by atoms with Crippen LogP contribution in [0.4, 0.5) is 10.1 Å². The molecule has 0 bridgehead atoms. The molecular weight excluding hydrogens is 241 g/mol. The normalized spacial score (nSPS) is 22.6. The van der Waals surface area contributed by atoms with Crippen molar-refractivity contribution >= 4 is 5.69 Å². The summed E-state index contributed by atoms with van der Waals surface area (Å²) in [4.78, 5) is 4.69. The fourth-order valence-electron chi connectivity index (χ4n) is 2.98. The number of piperazine rings is 1. The Balaban J connectivity index is 1.78. The average Bonchev–Trinajstić information content (AvgIpc) is 3.23. The van der Waals surface area contributed by atoms with Gasteiger partial charge in [0.05, 0.1) is 5.69 Å². The Kier molecular flexibility index (Phi) is 3.46. The maximum atomic E-state index is 14.2. The van der Waals surface area contributed by atoms with Gasteiger partial charge in [-0.1, -0.05) is 12.1 Å². The van der Waals surface area contributed by atoms with E-state index in [2.05, 4.69) is 9.80 Å². The van der Waals surface area contributed by atoms with Crippen molar-refractivity contribution in [2.75, 3.05) is 31.1 Å². The second-order valence-corrected chi connectivity index (χ2v) is 5.72. The van der Waals surface area contributed by atoms with Crippen LogP contribution < -0.4 is 10.6 Å². The summed E-state index contributed by atoms with van der Waals surface area (Å²) in [5, 5.41) is 0. The van der Waals surface area contributed by atoms with Crippen LogP contribution in [0.1, 0.15) is 31.4 Å². The van der Waals surface area contributed by atoms with Gasteiger partial charge in [0.15, 0.2) is 0 Å². The van der Waals surface area contributed by atoms with Crippen LogP contribution in [0.2, 0.25) is 0 Å². The van der Waals surface area contributed by atoms with Gasteiger partial charge in [-0.25, -0.2) is 4.39 Å². The van der Waals surface area contributed by atoms with Crippen molar-refractivity contribution in [3.05, 3.63) is 29.6 Å². The van der Waals surface area contributed by atoms with Gasteiger partial charge in [-0.15, -0.1) is 0 Å². The highest BCUT2D eigenvalue weighted by Gasteiger charge is 2.32. The van der Waals surface area contributed by atoms with E-state index in [0.29, 0.717) is 5.69 Å². The molecule has 2 aliphatic rings. The van der Waals surface area contributed by atoms with E-state index >= 15 is 0 Å². The molecule has 19 heavy (non-hydrogen) atoms. The molecule has 1 aliphatic heterocycles. The largest absolute Gasteiger partial charge is 0.366 e. The van der Waals surface area contributed by atoms with Gasteiger partial charge in [0, 0.05) is 38.3 Å². The molecular formula is C15H22FN3. The predicted molar refractivity (Wildman–Crippen MR) is 75.8 cm³/mol. The smallest absolute Gasteiger partial charge is 0.146 e. The molecule has 0 spiro atoms. The van der Waals surface area contributed by atoms with Crippen LogP contribution in [0.3, 0.4) is 0 Å². The van der Waals surface area contributed by atoms with Crippen molar-refractivity contribution in [2.24, 2.45) is 5.73 Å². The van der Waals surface area contributed by atoms with E-state index in [0.717, 1.165) is 37.8 Å². The van der Waals surface area contributed by atoms with Crippen molar-refractivity contribution < 1.29 is 4.39 Å². The van der Waals surface area contributed by atoms with Crippen molar-refractivity contribution in [1.29, 1.82) is 0 Å². The number of nitrogens with two attached hydrogens (primary N) is 1. The number of nitrogens with zero attached hydrogens (tertiary/aromatic N) is 2. The van der Waals surface area contributed by atoms with E-state index in [9.17, 15) is 4.39 Å². The quantitative estimate of drug-likeness (QED) is 0.906. The first-order valence-electron chi connectivity index (χ1n) is 7.20. The highest BCUT2D eigenvalue weighted by Crippen LogP contribution is 2.32. The third-order valence-electron chi connectivity index (χ3n) is 4.20. The summed E-state index contributed by atoms with van der Waals surface area (Å²) in [5.41, 5.74) is 7.60. The monoisotopic (exact) mass is 263 g/mol. The number of halogens is 1. The Bertz CT molecular complexity index is 449. The van der Waals surface area contributed by atoms with E-state index in [1.54, 1.807) is 6.07 Å². The molecule has 0 unspecified atom stereocenters. The fraction of sp³-hybridized carbons (Fsp3) is 0.600. The molecule has 0 radical (unpaired) electrons. The third kappa shape index (κ3) is 2.60. The molecule has 104 valence electrons. The number of hydrogen-bond acceptors (Lipinski definition) is 3. The zero-order chi connectivity index (χ0) is 13.4.